The number of nitrogens with zero attached hydrogens (tertiary/aromatic N) is 3. The van der Waals surface area contributed by atoms with E-state index >= 15 is 0 Å². The van der Waals surface area contributed by atoms with E-state index in [2.05, 4.69) is 31.3 Å². The van der Waals surface area contributed by atoms with Crippen molar-refractivity contribution in [3.05, 3.63) is 58.1 Å². The van der Waals surface area contributed by atoms with Crippen molar-refractivity contribution in [3.8, 4) is 11.1 Å². The second kappa shape index (κ2) is 10.5. The Labute approximate surface area is 189 Å². The van der Waals surface area contributed by atoms with Crippen LogP contribution in [0.25, 0.3) is 11.1 Å². The highest BCUT2D eigenvalue weighted by Gasteiger charge is 2.24. The molecule has 0 aliphatic carbocycles. The van der Waals surface area contributed by atoms with Crippen molar-refractivity contribution in [1.29, 1.82) is 0 Å². The van der Waals surface area contributed by atoms with Crippen LogP contribution >= 0.6 is 23.2 Å². The fourth-order valence-electron chi connectivity index (χ4n) is 3.12. The van der Waals surface area contributed by atoms with Gasteiger partial charge in [0.25, 0.3) is 5.95 Å². The van der Waals surface area contributed by atoms with E-state index in [0.717, 1.165) is 16.7 Å². The Morgan fingerprint density at radius 2 is 1.87 bits per heavy atom. The first-order valence-electron chi connectivity index (χ1n) is 9.74. The number of halogens is 2. The molecule has 0 aliphatic rings. The number of rotatable bonds is 9. The number of amides is 1. The second-order valence-corrected chi connectivity index (χ2v) is 7.85. The molecule has 162 valence electrons. The highest BCUT2D eigenvalue weighted by atomic mass is 35.5. The fourth-order valence-corrected chi connectivity index (χ4v) is 3.51. The zero-order valence-corrected chi connectivity index (χ0v) is 18.5. The van der Waals surface area contributed by atoms with Gasteiger partial charge >= 0.3 is 0 Å². The predicted molar refractivity (Wildman–Crippen MR) is 120 cm³/mol. The van der Waals surface area contributed by atoms with Crippen molar-refractivity contribution in [2.75, 3.05) is 5.32 Å². The maximum absolute atomic E-state index is 12.8. The first-order valence-corrected chi connectivity index (χ1v) is 10.5. The van der Waals surface area contributed by atoms with Crippen LogP contribution in [0.2, 0.25) is 10.0 Å². The molecule has 0 saturated carbocycles. The van der Waals surface area contributed by atoms with Gasteiger partial charge in [-0.2, -0.15) is 5.21 Å². The molecule has 0 saturated heterocycles. The van der Waals surface area contributed by atoms with Gasteiger partial charge in [-0.25, -0.2) is 0 Å². The molecule has 1 heterocycles. The van der Waals surface area contributed by atoms with E-state index in [1.165, 1.54) is 0 Å². The summed E-state index contributed by atoms with van der Waals surface area (Å²) in [5.74, 6) is -0.278. The number of ketones is 1. The molecule has 1 aromatic heterocycles. The zero-order chi connectivity index (χ0) is 22.4. The summed E-state index contributed by atoms with van der Waals surface area (Å²) in [6.45, 7) is 3.53. The predicted octanol–water partition coefficient (Wildman–Crippen LogP) is 3.68. The van der Waals surface area contributed by atoms with Gasteiger partial charge in [0.05, 0.1) is 12.1 Å². The van der Waals surface area contributed by atoms with Crippen LogP contribution in [0.15, 0.2) is 42.5 Å². The van der Waals surface area contributed by atoms with Gasteiger partial charge < -0.3 is 0 Å². The topological polar surface area (TPSA) is 113 Å². The van der Waals surface area contributed by atoms with Crippen LogP contribution in [0.4, 0.5) is 5.95 Å². The van der Waals surface area contributed by atoms with Crippen LogP contribution in [0, 0.1) is 0 Å². The Balaban J connectivity index is 1.78. The Morgan fingerprint density at radius 3 is 2.52 bits per heavy atom. The number of tetrazole rings is 1. The highest BCUT2D eigenvalue weighted by molar-refractivity contribution is 6.35. The molecule has 1 amide bonds. The first-order chi connectivity index (χ1) is 14.9. The summed E-state index contributed by atoms with van der Waals surface area (Å²) >= 11 is 12.4. The average molecular weight is 461 g/mol. The molecular weight excluding hydrogens is 439 g/mol. The standard InChI is InChI=1S/C21H22Cl2N6O2/c1-3-19(30)12(2)24-18(20(31)25-21-26-28-29-27-21)10-13-4-6-14(7-5-13)16-11-15(22)8-9-17(16)23/h4-9,11-12,18,24H,3,10H2,1-2H3,(H2,25,26,27,28,29,31)/t12-,18-/m0/s1. The van der Waals surface area contributed by atoms with Gasteiger partial charge in [-0.05, 0) is 47.9 Å². The van der Waals surface area contributed by atoms with Crippen molar-refractivity contribution in [3.63, 3.8) is 0 Å². The lowest BCUT2D eigenvalue weighted by atomic mass is 9.99. The number of Topliss-reactive ketones (excluding diaryl/α,β-unsaturated/α-hetero) is 1. The summed E-state index contributed by atoms with van der Waals surface area (Å²) in [6, 6.07) is 11.8. The molecule has 3 aromatic rings. The number of hydrogen-bond acceptors (Lipinski definition) is 6. The number of benzene rings is 2. The van der Waals surface area contributed by atoms with E-state index in [9.17, 15) is 9.59 Å². The third kappa shape index (κ3) is 6.10. The van der Waals surface area contributed by atoms with Crippen LogP contribution in [0.3, 0.4) is 0 Å². The van der Waals surface area contributed by atoms with Gasteiger partial charge in [0, 0.05) is 22.0 Å². The van der Waals surface area contributed by atoms with E-state index in [4.69, 9.17) is 23.2 Å². The van der Waals surface area contributed by atoms with E-state index in [1.54, 1.807) is 32.0 Å². The molecule has 3 N–H and O–H groups in total. The molecule has 8 nitrogen and oxygen atoms in total. The molecule has 2 aromatic carbocycles. The molecule has 0 spiro atoms. The van der Waals surface area contributed by atoms with Gasteiger partial charge in [0.15, 0.2) is 0 Å². The van der Waals surface area contributed by atoms with E-state index in [0.29, 0.717) is 22.9 Å². The third-order valence-electron chi connectivity index (χ3n) is 4.81. The van der Waals surface area contributed by atoms with E-state index in [-0.39, 0.29) is 17.6 Å². The van der Waals surface area contributed by atoms with E-state index < -0.39 is 12.1 Å². The van der Waals surface area contributed by atoms with Crippen LogP contribution < -0.4 is 10.6 Å². The summed E-state index contributed by atoms with van der Waals surface area (Å²) < 4.78 is 0. The summed E-state index contributed by atoms with van der Waals surface area (Å²) in [5, 5.41) is 20.1. The van der Waals surface area contributed by atoms with Gasteiger partial charge in [0.1, 0.15) is 5.78 Å². The Bertz CT molecular complexity index is 1040. The maximum atomic E-state index is 12.8. The quantitative estimate of drug-likeness (QED) is 0.448. The van der Waals surface area contributed by atoms with Crippen molar-refractivity contribution in [2.24, 2.45) is 0 Å². The van der Waals surface area contributed by atoms with Gasteiger partial charge in [-0.3, -0.25) is 20.2 Å². The Morgan fingerprint density at radius 1 is 1.13 bits per heavy atom. The third-order valence-corrected chi connectivity index (χ3v) is 5.38. The molecular formula is C21H22Cl2N6O2. The smallest absolute Gasteiger partial charge is 0.269 e. The van der Waals surface area contributed by atoms with Crippen LogP contribution in [0.5, 0.6) is 0 Å². The minimum Gasteiger partial charge on any atom is -0.298 e. The Hall–Kier alpha value is -2.81. The normalized spacial score (nSPS) is 12.9. The number of H-pyrrole nitrogens is 1. The van der Waals surface area contributed by atoms with Gasteiger partial charge in [-0.15, -0.1) is 5.10 Å². The number of nitrogens with one attached hydrogen (secondary N) is 3. The van der Waals surface area contributed by atoms with Crippen LogP contribution in [-0.2, 0) is 16.0 Å². The molecule has 0 radical (unpaired) electrons. The van der Waals surface area contributed by atoms with Crippen LogP contribution in [-0.4, -0.2) is 44.4 Å². The lowest BCUT2D eigenvalue weighted by Gasteiger charge is -2.21. The SMILES string of the molecule is CCC(=O)[C@H](C)N[C@@H](Cc1ccc(-c2cc(Cl)ccc2Cl)cc1)C(=O)Nc1nn[nH]n1. The minimum absolute atomic E-state index is 0.0170. The monoisotopic (exact) mass is 460 g/mol. The maximum Gasteiger partial charge on any atom is 0.269 e. The zero-order valence-electron chi connectivity index (χ0n) is 17.0. The minimum atomic E-state index is -0.676. The summed E-state index contributed by atoms with van der Waals surface area (Å²) in [6.07, 6.45) is 0.733. The number of aromatic nitrogens is 4. The summed E-state index contributed by atoms with van der Waals surface area (Å²) in [5.41, 5.74) is 2.64. The molecule has 31 heavy (non-hydrogen) atoms. The van der Waals surface area contributed by atoms with E-state index in [1.807, 2.05) is 24.3 Å². The average Bonchev–Trinajstić information content (AvgIpc) is 3.27. The fraction of sp³-hybridized carbons (Fsp3) is 0.286. The van der Waals surface area contributed by atoms with Gasteiger partial charge in [-0.1, -0.05) is 59.5 Å². The number of carbonyl (C=O) groups excluding carboxylic acids is 2. The number of anilines is 1. The van der Waals surface area contributed by atoms with Crippen molar-refractivity contribution in [1.82, 2.24) is 25.9 Å². The molecule has 3 rings (SSSR count). The summed E-state index contributed by atoms with van der Waals surface area (Å²) in [4.78, 5) is 24.8. The molecule has 10 heteroatoms. The summed E-state index contributed by atoms with van der Waals surface area (Å²) in [7, 11) is 0. The molecule has 0 fully saturated rings. The highest BCUT2D eigenvalue weighted by Crippen LogP contribution is 2.30. The van der Waals surface area contributed by atoms with Crippen molar-refractivity contribution in [2.45, 2.75) is 38.8 Å². The first kappa shape index (κ1) is 22.9. The lowest BCUT2D eigenvalue weighted by Crippen LogP contribution is -2.49. The second-order valence-electron chi connectivity index (χ2n) is 7.01. The molecule has 0 unspecified atom stereocenters. The van der Waals surface area contributed by atoms with Crippen molar-refractivity contribution >= 4 is 40.8 Å². The van der Waals surface area contributed by atoms with Crippen LogP contribution in [0.1, 0.15) is 25.8 Å². The van der Waals surface area contributed by atoms with Gasteiger partial charge in [0.2, 0.25) is 5.91 Å². The molecule has 0 aliphatic heterocycles. The number of hydrogen-bond donors (Lipinski definition) is 3. The largest absolute Gasteiger partial charge is 0.298 e. The number of aromatic amines is 1. The molecule has 0 bridgehead atoms. The Kier molecular flexibility index (Phi) is 7.73. The molecule has 2 atom stereocenters. The lowest BCUT2D eigenvalue weighted by molar-refractivity contribution is -0.121. The number of carbonyl (C=O) groups is 2. The van der Waals surface area contributed by atoms with Crippen molar-refractivity contribution < 1.29 is 9.59 Å².